The zero-order chi connectivity index (χ0) is 25.7. The van der Waals surface area contributed by atoms with Crippen LogP contribution in [0.1, 0.15) is 31.2 Å². The van der Waals surface area contributed by atoms with Crippen molar-refractivity contribution in [3.8, 4) is 22.5 Å². The van der Waals surface area contributed by atoms with Crippen LogP contribution in [0.4, 0.5) is 14.5 Å². The Morgan fingerprint density at radius 3 is 2.55 bits per heavy atom. The Bertz CT molecular complexity index is 1620. The number of rotatable bonds is 5. The van der Waals surface area contributed by atoms with Gasteiger partial charge in [-0.25, -0.2) is 8.78 Å². The lowest BCUT2D eigenvalue weighted by molar-refractivity contribution is 0.0115. The smallest absolute Gasteiger partial charge is 0.261 e. The van der Waals surface area contributed by atoms with Gasteiger partial charge >= 0.3 is 0 Å². The summed E-state index contributed by atoms with van der Waals surface area (Å²) in [5.74, 6) is -2.60. The highest BCUT2D eigenvalue weighted by Crippen LogP contribution is 2.35. The molecule has 4 aromatic heterocycles. The lowest BCUT2D eigenvalue weighted by Gasteiger charge is -2.28. The van der Waals surface area contributed by atoms with Crippen molar-refractivity contribution in [2.45, 2.75) is 38.2 Å². The summed E-state index contributed by atoms with van der Waals surface area (Å²) >= 11 is 0. The van der Waals surface area contributed by atoms with E-state index in [2.05, 4.69) is 42.2 Å². The standard InChI is InChI=1S/C29H29F2N7/c30-29(31)6-9-37(18-29)17-19-10-21(14-32-13-19)20-4-5-24-23(11-20)28(36-35-24)25-12-22-26(34-25)15-33-16-27(22)38-7-2-1-3-8-38/h4-5,10-16,34H,1-3,6-9,17-18H2,(H,35,36). The quantitative estimate of drug-likeness (QED) is 0.302. The summed E-state index contributed by atoms with van der Waals surface area (Å²) < 4.78 is 27.3. The van der Waals surface area contributed by atoms with Gasteiger partial charge in [0.05, 0.1) is 41.4 Å². The SMILES string of the molecule is FC1(F)CCN(Cc2cncc(-c3ccc4[nH]nc(-c5cc6c(N7CCCCC7)cncc6[nH]5)c4c3)c2)C1. The van der Waals surface area contributed by atoms with Crippen molar-refractivity contribution in [1.29, 1.82) is 0 Å². The Balaban J connectivity index is 1.22. The summed E-state index contributed by atoms with van der Waals surface area (Å²) in [6.45, 7) is 2.80. The van der Waals surface area contributed by atoms with Gasteiger partial charge in [-0.05, 0) is 54.7 Å². The molecule has 0 atom stereocenters. The molecule has 7 nitrogen and oxygen atoms in total. The molecule has 0 spiro atoms. The second-order valence-corrected chi connectivity index (χ2v) is 10.6. The minimum Gasteiger partial charge on any atom is -0.370 e. The topological polar surface area (TPSA) is 76.7 Å². The molecule has 194 valence electrons. The first-order valence-corrected chi connectivity index (χ1v) is 13.3. The van der Waals surface area contributed by atoms with Crippen molar-refractivity contribution in [3.63, 3.8) is 0 Å². The first-order chi connectivity index (χ1) is 18.5. The van der Waals surface area contributed by atoms with Crippen LogP contribution in [0.3, 0.4) is 0 Å². The fraction of sp³-hybridized carbons (Fsp3) is 0.345. The van der Waals surface area contributed by atoms with Crippen molar-refractivity contribution < 1.29 is 8.78 Å². The second kappa shape index (κ2) is 9.16. The molecule has 9 heteroatoms. The highest BCUT2D eigenvalue weighted by molar-refractivity contribution is 6.00. The number of fused-ring (bicyclic) bond motifs is 2. The number of nitrogens with one attached hydrogen (secondary N) is 2. The summed E-state index contributed by atoms with van der Waals surface area (Å²) in [5, 5.41) is 9.99. The molecule has 6 heterocycles. The first-order valence-electron chi connectivity index (χ1n) is 13.3. The predicted molar refractivity (Wildman–Crippen MR) is 145 cm³/mol. The maximum Gasteiger partial charge on any atom is 0.261 e. The molecule has 2 fully saturated rings. The molecule has 7 rings (SSSR count). The number of halogens is 2. The molecule has 0 saturated carbocycles. The van der Waals surface area contributed by atoms with Crippen molar-refractivity contribution in [1.82, 2.24) is 30.0 Å². The number of H-pyrrole nitrogens is 2. The molecular formula is C29H29F2N7. The number of aromatic nitrogens is 5. The largest absolute Gasteiger partial charge is 0.370 e. The molecule has 5 aromatic rings. The van der Waals surface area contributed by atoms with Crippen LogP contribution in [0.2, 0.25) is 0 Å². The molecule has 2 aliphatic heterocycles. The van der Waals surface area contributed by atoms with Crippen LogP contribution >= 0.6 is 0 Å². The van der Waals surface area contributed by atoms with Gasteiger partial charge in [-0.3, -0.25) is 20.0 Å². The van der Waals surface area contributed by atoms with Crippen LogP contribution in [0.25, 0.3) is 44.3 Å². The van der Waals surface area contributed by atoms with Crippen LogP contribution in [0.5, 0.6) is 0 Å². The summed E-state index contributed by atoms with van der Waals surface area (Å²) in [4.78, 5) is 16.7. The number of piperidine rings is 1. The van der Waals surface area contributed by atoms with Gasteiger partial charge in [0.2, 0.25) is 0 Å². The summed E-state index contributed by atoms with van der Waals surface area (Å²) in [6.07, 6.45) is 11.1. The van der Waals surface area contributed by atoms with Crippen LogP contribution in [0, 0.1) is 0 Å². The van der Waals surface area contributed by atoms with Gasteiger partial charge in [-0.2, -0.15) is 5.10 Å². The zero-order valence-corrected chi connectivity index (χ0v) is 21.1. The molecule has 2 saturated heterocycles. The van der Waals surface area contributed by atoms with E-state index in [1.807, 2.05) is 36.8 Å². The molecule has 2 aliphatic rings. The number of aromatic amines is 2. The fourth-order valence-corrected chi connectivity index (χ4v) is 5.88. The minimum absolute atomic E-state index is 0.0800. The number of pyridine rings is 2. The molecule has 0 unspecified atom stereocenters. The van der Waals surface area contributed by atoms with Crippen LogP contribution < -0.4 is 4.90 Å². The number of alkyl halides is 2. The molecule has 0 amide bonds. The van der Waals surface area contributed by atoms with Gasteiger partial charge in [0.15, 0.2) is 0 Å². The predicted octanol–water partition coefficient (Wildman–Crippen LogP) is 6.00. The third-order valence-electron chi connectivity index (χ3n) is 7.82. The maximum atomic E-state index is 13.6. The lowest BCUT2D eigenvalue weighted by atomic mass is 10.0. The molecule has 0 radical (unpaired) electrons. The number of benzene rings is 1. The van der Waals surface area contributed by atoms with Crippen LogP contribution in [0.15, 0.2) is 55.1 Å². The van der Waals surface area contributed by atoms with E-state index in [9.17, 15) is 8.78 Å². The monoisotopic (exact) mass is 513 g/mol. The Morgan fingerprint density at radius 1 is 0.842 bits per heavy atom. The highest BCUT2D eigenvalue weighted by Gasteiger charge is 2.37. The van der Waals surface area contributed by atoms with Crippen LogP contribution in [-0.4, -0.2) is 62.2 Å². The number of likely N-dealkylation sites (tertiary alicyclic amines) is 1. The zero-order valence-electron chi connectivity index (χ0n) is 21.1. The van der Waals surface area contributed by atoms with Crippen molar-refractivity contribution in [2.75, 3.05) is 31.1 Å². The Kier molecular flexibility index (Phi) is 5.61. The van der Waals surface area contributed by atoms with E-state index in [0.29, 0.717) is 13.1 Å². The van der Waals surface area contributed by atoms with Gasteiger partial charge < -0.3 is 9.88 Å². The Hall–Kier alpha value is -3.85. The molecule has 0 bridgehead atoms. The number of hydrogen-bond donors (Lipinski definition) is 2. The lowest BCUT2D eigenvalue weighted by Crippen LogP contribution is -2.29. The van der Waals surface area contributed by atoms with Crippen molar-refractivity contribution in [3.05, 3.63) is 60.7 Å². The second-order valence-electron chi connectivity index (χ2n) is 10.6. The van der Waals surface area contributed by atoms with E-state index in [4.69, 9.17) is 0 Å². The third kappa shape index (κ3) is 4.30. The molecular weight excluding hydrogens is 484 g/mol. The third-order valence-corrected chi connectivity index (χ3v) is 7.82. The van der Waals surface area contributed by atoms with Gasteiger partial charge in [0.25, 0.3) is 5.92 Å². The summed E-state index contributed by atoms with van der Waals surface area (Å²) in [7, 11) is 0. The van der Waals surface area contributed by atoms with Gasteiger partial charge in [-0.15, -0.1) is 0 Å². The molecule has 1 aromatic carbocycles. The number of hydrogen-bond acceptors (Lipinski definition) is 5. The normalized spacial score (nSPS) is 18.1. The van der Waals surface area contributed by atoms with E-state index in [0.717, 1.165) is 63.0 Å². The number of nitrogens with zero attached hydrogens (tertiary/aromatic N) is 5. The maximum absolute atomic E-state index is 13.6. The van der Waals surface area contributed by atoms with Gasteiger partial charge in [0, 0.05) is 61.3 Å². The molecule has 0 aliphatic carbocycles. The van der Waals surface area contributed by atoms with Crippen molar-refractivity contribution >= 4 is 27.5 Å². The average molecular weight is 514 g/mol. The summed E-state index contributed by atoms with van der Waals surface area (Å²) in [6, 6.07) is 10.4. The average Bonchev–Trinajstić information content (AvgIpc) is 3.64. The van der Waals surface area contributed by atoms with Crippen LogP contribution in [-0.2, 0) is 6.54 Å². The first kappa shape index (κ1) is 23.3. The Morgan fingerprint density at radius 2 is 1.71 bits per heavy atom. The Labute approximate surface area is 218 Å². The highest BCUT2D eigenvalue weighted by atomic mass is 19.3. The molecule has 2 N–H and O–H groups in total. The van der Waals surface area contributed by atoms with Crippen molar-refractivity contribution in [2.24, 2.45) is 0 Å². The minimum atomic E-state index is -2.60. The number of anilines is 1. The van der Waals surface area contributed by atoms with E-state index in [1.54, 1.807) is 11.1 Å². The summed E-state index contributed by atoms with van der Waals surface area (Å²) in [5.41, 5.74) is 7.80. The van der Waals surface area contributed by atoms with E-state index in [-0.39, 0.29) is 13.0 Å². The van der Waals surface area contributed by atoms with E-state index in [1.165, 1.54) is 24.9 Å². The van der Waals surface area contributed by atoms with Gasteiger partial charge in [-0.1, -0.05) is 6.07 Å². The fourth-order valence-electron chi connectivity index (χ4n) is 5.88. The van der Waals surface area contributed by atoms with E-state index >= 15 is 0 Å². The van der Waals surface area contributed by atoms with Gasteiger partial charge in [0.1, 0.15) is 5.69 Å². The molecule has 38 heavy (non-hydrogen) atoms. The van der Waals surface area contributed by atoms with E-state index < -0.39 is 5.92 Å².